The third kappa shape index (κ3) is 1.46. The van der Waals surface area contributed by atoms with Crippen LogP contribution in [0.4, 0.5) is 0 Å². The van der Waals surface area contributed by atoms with E-state index in [0.29, 0.717) is 6.10 Å². The van der Waals surface area contributed by atoms with Crippen LogP contribution < -0.4 is 5.32 Å². The average Bonchev–Trinajstić information content (AvgIpc) is 2.19. The predicted octanol–water partition coefficient (Wildman–Crippen LogP) is 0.400. The van der Waals surface area contributed by atoms with Crippen molar-refractivity contribution < 1.29 is 4.74 Å². The largest absolute Gasteiger partial charge is 0.377 e. The normalized spacial score (nSPS) is 28.9. The second-order valence-electron chi connectivity index (χ2n) is 2.00. The van der Waals surface area contributed by atoms with E-state index in [4.69, 9.17) is 4.74 Å². The molecular weight excluding hydrogens is 102 g/mol. The number of ether oxygens (including phenoxy) is 1. The standard InChI is InChI=1S/C6H12NO/c1-2-8-6-3-4-7-5-6/h6H,2-5H2,1H3. The molecule has 0 aromatic carbocycles. The van der Waals surface area contributed by atoms with Gasteiger partial charge in [-0.05, 0) is 13.3 Å². The Morgan fingerprint density at radius 3 is 3.12 bits per heavy atom. The van der Waals surface area contributed by atoms with Crippen LogP contribution >= 0.6 is 0 Å². The topological polar surface area (TPSA) is 23.3 Å². The molecule has 0 aliphatic carbocycles. The molecule has 1 fully saturated rings. The lowest BCUT2D eigenvalue weighted by Gasteiger charge is -2.05. The van der Waals surface area contributed by atoms with Gasteiger partial charge in [0.1, 0.15) is 0 Å². The first-order valence-corrected chi connectivity index (χ1v) is 3.18. The van der Waals surface area contributed by atoms with Crippen molar-refractivity contribution in [3.63, 3.8) is 0 Å². The maximum Gasteiger partial charge on any atom is 0.0728 e. The summed E-state index contributed by atoms with van der Waals surface area (Å²) in [6.45, 7) is 4.79. The molecule has 0 spiro atoms. The molecular formula is C6H12NO. The van der Waals surface area contributed by atoms with E-state index in [1.807, 2.05) is 6.92 Å². The van der Waals surface area contributed by atoms with E-state index < -0.39 is 0 Å². The first-order chi connectivity index (χ1) is 3.93. The highest BCUT2D eigenvalue weighted by molar-refractivity contribution is 4.69. The van der Waals surface area contributed by atoms with Gasteiger partial charge in [0.25, 0.3) is 0 Å². The first kappa shape index (κ1) is 6.05. The van der Waals surface area contributed by atoms with Crippen molar-refractivity contribution >= 4 is 0 Å². The quantitative estimate of drug-likeness (QED) is 0.509. The Hall–Kier alpha value is -0.0800. The molecule has 2 heteroatoms. The van der Waals surface area contributed by atoms with Crippen LogP contribution in [0.3, 0.4) is 0 Å². The molecule has 1 aliphatic heterocycles. The summed E-state index contributed by atoms with van der Waals surface area (Å²) in [5.74, 6) is 0. The number of nitrogens with zero attached hydrogens (tertiary/aromatic N) is 1. The monoisotopic (exact) mass is 114 g/mol. The lowest BCUT2D eigenvalue weighted by atomic mass is 10.3. The zero-order valence-corrected chi connectivity index (χ0v) is 5.26. The predicted molar refractivity (Wildman–Crippen MR) is 31.9 cm³/mol. The Morgan fingerprint density at radius 1 is 1.75 bits per heavy atom. The van der Waals surface area contributed by atoms with Crippen molar-refractivity contribution in [2.75, 3.05) is 19.7 Å². The molecule has 1 atom stereocenters. The van der Waals surface area contributed by atoms with Gasteiger partial charge in [-0.3, -0.25) is 0 Å². The van der Waals surface area contributed by atoms with E-state index in [1.54, 1.807) is 0 Å². The third-order valence-corrected chi connectivity index (χ3v) is 1.34. The maximum absolute atomic E-state index is 5.31. The Balaban J connectivity index is 2.06. The van der Waals surface area contributed by atoms with Crippen LogP contribution in [-0.2, 0) is 4.74 Å². The summed E-state index contributed by atoms with van der Waals surface area (Å²) in [5.41, 5.74) is 0. The molecule has 0 saturated carbocycles. The smallest absolute Gasteiger partial charge is 0.0728 e. The third-order valence-electron chi connectivity index (χ3n) is 1.34. The van der Waals surface area contributed by atoms with Crippen LogP contribution in [0, 0.1) is 0 Å². The number of hydrogen-bond acceptors (Lipinski definition) is 1. The van der Waals surface area contributed by atoms with Crippen LogP contribution in [0.15, 0.2) is 0 Å². The van der Waals surface area contributed by atoms with Crippen LogP contribution in [-0.4, -0.2) is 25.8 Å². The van der Waals surface area contributed by atoms with Gasteiger partial charge in [0.15, 0.2) is 0 Å². The molecule has 1 aliphatic rings. The zero-order valence-electron chi connectivity index (χ0n) is 5.26. The summed E-state index contributed by atoms with van der Waals surface area (Å²) >= 11 is 0. The fourth-order valence-corrected chi connectivity index (χ4v) is 0.934. The molecule has 1 radical (unpaired) electrons. The average molecular weight is 114 g/mol. The van der Waals surface area contributed by atoms with Gasteiger partial charge in [-0.2, -0.15) is 0 Å². The van der Waals surface area contributed by atoms with E-state index >= 15 is 0 Å². The minimum Gasteiger partial charge on any atom is -0.377 e. The molecule has 2 nitrogen and oxygen atoms in total. The van der Waals surface area contributed by atoms with E-state index in [9.17, 15) is 0 Å². The van der Waals surface area contributed by atoms with Crippen molar-refractivity contribution in [1.82, 2.24) is 5.32 Å². The summed E-state index contributed by atoms with van der Waals surface area (Å²) in [7, 11) is 0. The minimum absolute atomic E-state index is 0.444. The molecule has 1 rings (SSSR count). The molecule has 1 unspecified atom stereocenters. The molecule has 0 amide bonds. The van der Waals surface area contributed by atoms with Gasteiger partial charge in [0, 0.05) is 19.7 Å². The van der Waals surface area contributed by atoms with E-state index in [0.717, 1.165) is 26.1 Å². The van der Waals surface area contributed by atoms with Crippen LogP contribution in [0.1, 0.15) is 13.3 Å². The summed E-state index contributed by atoms with van der Waals surface area (Å²) < 4.78 is 5.31. The fraction of sp³-hybridized carbons (Fsp3) is 1.00. The zero-order chi connectivity index (χ0) is 5.82. The van der Waals surface area contributed by atoms with Crippen LogP contribution in [0.5, 0.6) is 0 Å². The van der Waals surface area contributed by atoms with E-state index in [1.165, 1.54) is 0 Å². The number of hydrogen-bond donors (Lipinski definition) is 0. The highest BCUT2D eigenvalue weighted by atomic mass is 16.5. The van der Waals surface area contributed by atoms with Gasteiger partial charge in [-0.15, -0.1) is 0 Å². The Bertz CT molecular complexity index is 59.5. The van der Waals surface area contributed by atoms with Gasteiger partial charge < -0.3 is 4.74 Å². The molecule has 0 aromatic rings. The second kappa shape index (κ2) is 3.05. The Labute approximate surface area is 50.2 Å². The van der Waals surface area contributed by atoms with Crippen molar-refractivity contribution in [2.24, 2.45) is 0 Å². The fourth-order valence-electron chi connectivity index (χ4n) is 0.934. The minimum atomic E-state index is 0.444. The van der Waals surface area contributed by atoms with Gasteiger partial charge in [-0.25, -0.2) is 5.32 Å². The lowest BCUT2D eigenvalue weighted by molar-refractivity contribution is 0.0774. The molecule has 1 heterocycles. The summed E-state index contributed by atoms with van der Waals surface area (Å²) in [4.78, 5) is 0. The molecule has 1 saturated heterocycles. The molecule has 0 bridgehead atoms. The highest BCUT2D eigenvalue weighted by Crippen LogP contribution is 2.02. The molecule has 0 N–H and O–H groups in total. The van der Waals surface area contributed by atoms with Crippen LogP contribution in [0.25, 0.3) is 0 Å². The number of rotatable bonds is 2. The van der Waals surface area contributed by atoms with E-state index in [-0.39, 0.29) is 0 Å². The van der Waals surface area contributed by atoms with Crippen molar-refractivity contribution in [3.8, 4) is 0 Å². The summed E-state index contributed by atoms with van der Waals surface area (Å²) in [6, 6.07) is 0. The Kier molecular flexibility index (Phi) is 2.30. The van der Waals surface area contributed by atoms with Gasteiger partial charge in [0.2, 0.25) is 0 Å². The van der Waals surface area contributed by atoms with Gasteiger partial charge >= 0.3 is 0 Å². The second-order valence-corrected chi connectivity index (χ2v) is 2.00. The molecule has 47 valence electrons. The Morgan fingerprint density at radius 2 is 2.62 bits per heavy atom. The molecule has 0 aromatic heterocycles. The SMILES string of the molecule is CCOC1CC[N]C1. The van der Waals surface area contributed by atoms with Gasteiger partial charge in [0.05, 0.1) is 6.10 Å². The van der Waals surface area contributed by atoms with Crippen molar-refractivity contribution in [3.05, 3.63) is 0 Å². The lowest BCUT2D eigenvalue weighted by Crippen LogP contribution is -2.13. The first-order valence-electron chi connectivity index (χ1n) is 3.18. The summed E-state index contributed by atoms with van der Waals surface area (Å²) in [5, 5.41) is 4.16. The van der Waals surface area contributed by atoms with Crippen LogP contribution in [0.2, 0.25) is 0 Å². The van der Waals surface area contributed by atoms with Crippen molar-refractivity contribution in [2.45, 2.75) is 19.4 Å². The highest BCUT2D eigenvalue weighted by Gasteiger charge is 2.13. The van der Waals surface area contributed by atoms with E-state index in [2.05, 4.69) is 5.32 Å². The summed E-state index contributed by atoms with van der Waals surface area (Å²) in [6.07, 6.45) is 1.58. The van der Waals surface area contributed by atoms with Crippen molar-refractivity contribution in [1.29, 1.82) is 0 Å². The molecule has 8 heavy (non-hydrogen) atoms. The van der Waals surface area contributed by atoms with Gasteiger partial charge in [-0.1, -0.05) is 0 Å². The maximum atomic E-state index is 5.31.